The number of alkyl carbamates (subject to hydrolysis) is 1. The molecule has 3 heterocycles. The van der Waals surface area contributed by atoms with Crippen LogP contribution in [0, 0.1) is 11.3 Å². The van der Waals surface area contributed by atoms with E-state index >= 15 is 0 Å². The van der Waals surface area contributed by atoms with E-state index in [0.29, 0.717) is 44.2 Å². The normalized spacial score (nSPS) is 28.3. The van der Waals surface area contributed by atoms with Crippen LogP contribution in [0.3, 0.4) is 0 Å². The number of amides is 6. The van der Waals surface area contributed by atoms with Gasteiger partial charge < -0.3 is 30.3 Å². The number of hydrogen-bond donors (Lipinski definition) is 4. The lowest BCUT2D eigenvalue weighted by Crippen LogP contribution is -2.57. The molecule has 2 saturated carbocycles. The Hall–Kier alpha value is -4.41. The third-order valence-electron chi connectivity index (χ3n) is 10.7. The molecule has 1 saturated heterocycles. The van der Waals surface area contributed by atoms with Crippen molar-refractivity contribution in [2.45, 2.75) is 108 Å². The van der Waals surface area contributed by atoms with E-state index in [4.69, 9.17) is 9.47 Å². The summed E-state index contributed by atoms with van der Waals surface area (Å²) in [6, 6.07) is 4.13. The second-order valence-electron chi connectivity index (χ2n) is 15.4. The molecule has 2 aliphatic carbocycles. The molecule has 6 amide bonds. The van der Waals surface area contributed by atoms with E-state index in [-0.39, 0.29) is 56.3 Å². The lowest BCUT2D eigenvalue weighted by atomic mass is 9.88. The van der Waals surface area contributed by atoms with Crippen molar-refractivity contribution in [2.24, 2.45) is 11.3 Å². The van der Waals surface area contributed by atoms with Gasteiger partial charge in [0.05, 0.1) is 24.9 Å². The number of nitrogens with zero attached hydrogens (tertiary/aromatic N) is 2. The summed E-state index contributed by atoms with van der Waals surface area (Å²) in [7, 11) is -3.88. The molecule has 16 nitrogen and oxygen atoms in total. The lowest BCUT2D eigenvalue weighted by Gasteiger charge is -2.27. The van der Waals surface area contributed by atoms with Gasteiger partial charge in [0, 0.05) is 25.1 Å². The highest BCUT2D eigenvalue weighted by atomic mass is 32.2. The molecule has 52 heavy (non-hydrogen) atoms. The van der Waals surface area contributed by atoms with Crippen LogP contribution < -0.4 is 20.7 Å². The van der Waals surface area contributed by atoms with Crippen molar-refractivity contribution in [3.8, 4) is 0 Å². The average Bonchev–Trinajstić information content (AvgIpc) is 3.99. The molecular weight excluding hydrogens is 696 g/mol. The Labute approximate surface area is 303 Å². The van der Waals surface area contributed by atoms with Gasteiger partial charge in [-0.05, 0) is 60.6 Å². The molecule has 5 aliphatic rings. The van der Waals surface area contributed by atoms with Crippen molar-refractivity contribution in [1.82, 2.24) is 30.5 Å². The van der Waals surface area contributed by atoms with E-state index in [2.05, 4.69) is 20.7 Å². The maximum Gasteiger partial charge on any atom is 0.410 e. The number of fused-ring (bicyclic) bond motifs is 3. The van der Waals surface area contributed by atoms with Crippen LogP contribution in [0.25, 0.3) is 0 Å². The molecule has 0 radical (unpaired) electrons. The zero-order valence-corrected chi connectivity index (χ0v) is 30.6. The fourth-order valence-electron chi connectivity index (χ4n) is 7.34. The summed E-state index contributed by atoms with van der Waals surface area (Å²) in [5.74, 6) is -2.73. The molecule has 3 fully saturated rings. The lowest BCUT2D eigenvalue weighted by molar-refractivity contribution is -0.139. The van der Waals surface area contributed by atoms with Crippen molar-refractivity contribution in [3.05, 3.63) is 34.9 Å². The van der Waals surface area contributed by atoms with Gasteiger partial charge in [-0.25, -0.2) is 18.0 Å². The van der Waals surface area contributed by atoms with Crippen molar-refractivity contribution >= 4 is 45.8 Å². The molecule has 6 rings (SSSR count). The van der Waals surface area contributed by atoms with Crippen LogP contribution in [-0.4, -0.2) is 103 Å². The molecule has 284 valence electrons. The molecule has 4 unspecified atom stereocenters. The third-order valence-corrected chi connectivity index (χ3v) is 12.5. The summed E-state index contributed by atoms with van der Waals surface area (Å²) >= 11 is 0. The van der Waals surface area contributed by atoms with Crippen LogP contribution in [0.15, 0.2) is 18.2 Å². The second kappa shape index (κ2) is 14.5. The Morgan fingerprint density at radius 3 is 2.54 bits per heavy atom. The highest BCUT2D eigenvalue weighted by Crippen LogP contribution is 2.47. The summed E-state index contributed by atoms with van der Waals surface area (Å²) in [6.07, 6.45) is 1.27. The number of rotatable bonds is 6. The Kier molecular flexibility index (Phi) is 10.4. The standard InChI is InChI=1S/C35H48N6O10S/c1-4-22-15-35(22,31(45)39-52(48,49)24-10-11-24)38-30(44)27-14-23-18-41(27)28(42)16-37-32(46)50-20-34(2,3)12-5-6-13-36-29(43)25-9-7-8-21-17-40(19-26(21)25)33(47)51-23/h7-9,22-24,27H,4-6,10-20H2,1-3H3,(H,36,43)(H,37,46)(H,38,44)(H,39,45). The minimum atomic E-state index is -3.88. The molecule has 4 atom stereocenters. The maximum atomic E-state index is 13.9. The molecule has 0 aromatic heterocycles. The first-order valence-electron chi connectivity index (χ1n) is 18.0. The Morgan fingerprint density at radius 1 is 1.06 bits per heavy atom. The number of hydrogen-bond acceptors (Lipinski definition) is 10. The van der Waals surface area contributed by atoms with Crippen LogP contribution in [0.4, 0.5) is 9.59 Å². The monoisotopic (exact) mass is 744 g/mol. The highest BCUT2D eigenvalue weighted by molar-refractivity contribution is 7.91. The second-order valence-corrected chi connectivity index (χ2v) is 17.3. The zero-order chi connectivity index (χ0) is 37.4. The quantitative estimate of drug-likeness (QED) is 0.331. The number of ether oxygens (including phenoxy) is 2. The maximum absolute atomic E-state index is 13.9. The van der Waals surface area contributed by atoms with Crippen molar-refractivity contribution in [3.63, 3.8) is 0 Å². The smallest absolute Gasteiger partial charge is 0.410 e. The van der Waals surface area contributed by atoms with E-state index in [9.17, 15) is 37.2 Å². The van der Waals surface area contributed by atoms with Gasteiger partial charge in [0.25, 0.3) is 11.8 Å². The predicted octanol–water partition coefficient (Wildman–Crippen LogP) is 1.67. The van der Waals surface area contributed by atoms with E-state index in [0.717, 1.165) is 17.5 Å². The number of benzene rings is 1. The van der Waals surface area contributed by atoms with E-state index < -0.39 is 69.4 Å². The number of carbonyl (C=O) groups is 6. The summed E-state index contributed by atoms with van der Waals surface area (Å²) in [5, 5.41) is 7.52. The molecule has 1 aromatic carbocycles. The highest BCUT2D eigenvalue weighted by Gasteiger charge is 2.62. The van der Waals surface area contributed by atoms with Crippen LogP contribution in [0.5, 0.6) is 0 Å². The van der Waals surface area contributed by atoms with Gasteiger partial charge in [-0.15, -0.1) is 0 Å². The Balaban J connectivity index is 1.20. The van der Waals surface area contributed by atoms with Crippen LogP contribution in [0.2, 0.25) is 0 Å². The first-order chi connectivity index (χ1) is 24.6. The van der Waals surface area contributed by atoms with Gasteiger partial charge in [0.1, 0.15) is 24.2 Å². The molecule has 4 N–H and O–H groups in total. The van der Waals surface area contributed by atoms with Crippen molar-refractivity contribution < 1.29 is 46.7 Å². The number of cyclic esters (lactones) is 1. The summed E-state index contributed by atoms with van der Waals surface area (Å²) < 4.78 is 38.6. The van der Waals surface area contributed by atoms with Crippen LogP contribution in [0.1, 0.15) is 93.6 Å². The number of carbonyl (C=O) groups excluding carboxylic acids is 6. The SMILES string of the molecule is CCC1CC1(NC(=O)C1CC2CN1C(=O)CNC(=O)OCC(C)(C)CCCCNC(=O)c1cccc3c1CN(C3)C(=O)O2)C(=O)NS(=O)(=O)C1CC1. The minimum absolute atomic E-state index is 0.0814. The average molecular weight is 745 g/mol. The van der Waals surface area contributed by atoms with Gasteiger partial charge >= 0.3 is 12.2 Å². The molecule has 1 aromatic rings. The van der Waals surface area contributed by atoms with Gasteiger partial charge in [0.15, 0.2) is 0 Å². The molecular formula is C35H48N6O10S. The summed E-state index contributed by atoms with van der Waals surface area (Å²) in [6.45, 7) is 5.93. The predicted molar refractivity (Wildman–Crippen MR) is 185 cm³/mol. The van der Waals surface area contributed by atoms with Gasteiger partial charge in [0.2, 0.25) is 21.8 Å². The molecule has 17 heteroatoms. The van der Waals surface area contributed by atoms with Crippen LogP contribution >= 0.6 is 0 Å². The van der Waals surface area contributed by atoms with Crippen molar-refractivity contribution in [1.29, 1.82) is 0 Å². The first kappa shape index (κ1) is 37.4. The summed E-state index contributed by atoms with van der Waals surface area (Å²) in [4.78, 5) is 82.8. The fourth-order valence-corrected chi connectivity index (χ4v) is 8.71. The first-order valence-corrected chi connectivity index (χ1v) is 19.6. The minimum Gasteiger partial charge on any atom is -0.449 e. The molecule has 4 bridgehead atoms. The number of nitrogens with one attached hydrogen (secondary N) is 4. The Morgan fingerprint density at radius 2 is 1.83 bits per heavy atom. The Bertz CT molecular complexity index is 1750. The third kappa shape index (κ3) is 8.13. The van der Waals surface area contributed by atoms with E-state index in [1.54, 1.807) is 12.1 Å². The summed E-state index contributed by atoms with van der Waals surface area (Å²) in [5.41, 5.74) is 0.149. The van der Waals surface area contributed by atoms with E-state index in [1.807, 2.05) is 26.8 Å². The molecule has 3 aliphatic heterocycles. The number of sulfonamides is 1. The van der Waals surface area contributed by atoms with Gasteiger partial charge in [-0.3, -0.25) is 28.8 Å². The van der Waals surface area contributed by atoms with E-state index in [1.165, 1.54) is 9.80 Å². The van der Waals surface area contributed by atoms with Gasteiger partial charge in [-0.2, -0.15) is 0 Å². The topological polar surface area (TPSA) is 210 Å². The fraction of sp³-hybridized carbons (Fsp3) is 0.657. The van der Waals surface area contributed by atoms with Crippen molar-refractivity contribution in [2.75, 3.05) is 26.2 Å². The largest absolute Gasteiger partial charge is 0.449 e. The van der Waals surface area contributed by atoms with Gasteiger partial charge in [-0.1, -0.05) is 45.7 Å². The zero-order valence-electron chi connectivity index (χ0n) is 29.8. The van der Waals surface area contributed by atoms with Crippen LogP contribution in [-0.2, 0) is 47.0 Å². The molecule has 0 spiro atoms.